The molecule has 0 unspecified atom stereocenters. The van der Waals surface area contributed by atoms with Gasteiger partial charge in [-0.1, -0.05) is 30.3 Å². The lowest BCUT2D eigenvalue weighted by atomic mass is 10.1. The summed E-state index contributed by atoms with van der Waals surface area (Å²) >= 11 is 1.70. The molecule has 0 aliphatic carbocycles. The minimum Gasteiger partial charge on any atom is -0.134 e. The van der Waals surface area contributed by atoms with Gasteiger partial charge in [-0.25, -0.2) is 0 Å². The molecule has 0 saturated carbocycles. The van der Waals surface area contributed by atoms with Gasteiger partial charge < -0.3 is 0 Å². The van der Waals surface area contributed by atoms with Gasteiger partial charge in [-0.15, -0.1) is 11.3 Å². The van der Waals surface area contributed by atoms with Gasteiger partial charge in [0.1, 0.15) is 0 Å². The highest BCUT2D eigenvalue weighted by molar-refractivity contribution is 7.13. The van der Waals surface area contributed by atoms with Crippen LogP contribution in [0, 0.1) is 19.2 Å². The zero-order valence-corrected chi connectivity index (χ0v) is 8.61. The van der Waals surface area contributed by atoms with Gasteiger partial charge in [0.2, 0.25) is 0 Å². The maximum Gasteiger partial charge on any atom is 0.0484 e. The number of rotatable bonds is 1. The molecule has 0 aliphatic heterocycles. The quantitative estimate of drug-likeness (QED) is 0.636. The van der Waals surface area contributed by atoms with Crippen molar-refractivity contribution in [2.75, 3.05) is 0 Å². The van der Waals surface area contributed by atoms with Crippen molar-refractivity contribution in [1.29, 1.82) is 0 Å². The molecule has 2 rings (SSSR count). The van der Waals surface area contributed by atoms with Crippen molar-refractivity contribution in [2.45, 2.75) is 13.8 Å². The molecule has 0 spiro atoms. The summed E-state index contributed by atoms with van der Waals surface area (Å²) in [6, 6.07) is 10.5. The van der Waals surface area contributed by atoms with E-state index in [0.29, 0.717) is 0 Å². The average Bonchev–Trinajstić information content (AvgIpc) is 2.49. The van der Waals surface area contributed by atoms with Gasteiger partial charge in [0.05, 0.1) is 0 Å². The van der Waals surface area contributed by atoms with Crippen LogP contribution in [0.5, 0.6) is 0 Å². The minimum absolute atomic E-state index is 1.27. The first kappa shape index (κ1) is 8.52. The highest BCUT2D eigenvalue weighted by Gasteiger charge is 2.05. The van der Waals surface area contributed by atoms with E-state index in [0.717, 1.165) is 0 Å². The van der Waals surface area contributed by atoms with Crippen LogP contribution in [0.1, 0.15) is 11.1 Å². The first-order chi connectivity index (χ1) is 6.29. The number of hydrogen-bond donors (Lipinski definition) is 0. The van der Waals surface area contributed by atoms with E-state index in [4.69, 9.17) is 0 Å². The smallest absolute Gasteiger partial charge is 0.0484 e. The Bertz CT molecular complexity index is 398. The van der Waals surface area contributed by atoms with Gasteiger partial charge in [0.15, 0.2) is 0 Å². The molecule has 0 atom stereocenters. The van der Waals surface area contributed by atoms with Gasteiger partial charge in [0, 0.05) is 10.3 Å². The summed E-state index contributed by atoms with van der Waals surface area (Å²) < 4.78 is 0. The summed E-state index contributed by atoms with van der Waals surface area (Å²) in [5.41, 5.74) is 3.93. The number of aryl methyl sites for hydroxylation is 1. The molecule has 1 radical (unpaired) electrons. The Balaban J connectivity index is 2.53. The largest absolute Gasteiger partial charge is 0.134 e. The van der Waals surface area contributed by atoms with Crippen LogP contribution in [0.4, 0.5) is 0 Å². The first-order valence-electron chi connectivity index (χ1n) is 4.32. The summed E-state index contributed by atoms with van der Waals surface area (Å²) in [4.78, 5) is 1.35. The SMILES string of the molecule is Cc1[c]sc(-c2ccccc2)c1C. The van der Waals surface area contributed by atoms with Crippen LogP contribution in [0.15, 0.2) is 30.3 Å². The molecule has 65 valence electrons. The molecule has 1 aromatic heterocycles. The lowest BCUT2D eigenvalue weighted by Gasteiger charge is -1.98. The fourth-order valence-corrected chi connectivity index (χ4v) is 2.28. The molecule has 0 N–H and O–H groups in total. The zero-order chi connectivity index (χ0) is 9.26. The summed E-state index contributed by atoms with van der Waals surface area (Å²) in [6.07, 6.45) is 0. The molecule has 0 aliphatic rings. The van der Waals surface area contributed by atoms with E-state index < -0.39 is 0 Å². The van der Waals surface area contributed by atoms with Crippen LogP contribution < -0.4 is 0 Å². The summed E-state index contributed by atoms with van der Waals surface area (Å²) in [5, 5.41) is 3.28. The van der Waals surface area contributed by atoms with Crippen LogP contribution in [0.2, 0.25) is 0 Å². The van der Waals surface area contributed by atoms with Crippen LogP contribution >= 0.6 is 11.3 Å². The molecule has 0 saturated heterocycles. The maximum atomic E-state index is 3.28. The highest BCUT2D eigenvalue weighted by atomic mass is 32.1. The molecule has 1 aromatic carbocycles. The highest BCUT2D eigenvalue weighted by Crippen LogP contribution is 2.30. The van der Waals surface area contributed by atoms with Gasteiger partial charge in [-0.2, -0.15) is 0 Å². The molecular formula is C12H11S. The van der Waals surface area contributed by atoms with E-state index in [1.54, 1.807) is 11.3 Å². The Hall–Kier alpha value is -1.08. The lowest BCUT2D eigenvalue weighted by Crippen LogP contribution is -1.76. The van der Waals surface area contributed by atoms with E-state index in [1.807, 2.05) is 6.07 Å². The molecule has 1 heteroatoms. The number of thiophene rings is 1. The Morgan fingerprint density at radius 2 is 1.77 bits per heavy atom. The molecule has 13 heavy (non-hydrogen) atoms. The van der Waals surface area contributed by atoms with Crippen molar-refractivity contribution in [2.24, 2.45) is 0 Å². The van der Waals surface area contributed by atoms with E-state index >= 15 is 0 Å². The zero-order valence-electron chi connectivity index (χ0n) is 7.79. The van der Waals surface area contributed by atoms with E-state index in [2.05, 4.69) is 43.5 Å². The van der Waals surface area contributed by atoms with Crippen molar-refractivity contribution in [1.82, 2.24) is 0 Å². The molecule has 0 bridgehead atoms. The normalized spacial score (nSPS) is 10.3. The van der Waals surface area contributed by atoms with Crippen molar-refractivity contribution in [3.05, 3.63) is 46.8 Å². The lowest BCUT2D eigenvalue weighted by molar-refractivity contribution is 1.40. The second kappa shape index (κ2) is 3.35. The van der Waals surface area contributed by atoms with Crippen molar-refractivity contribution < 1.29 is 0 Å². The third-order valence-corrected chi connectivity index (χ3v) is 3.40. The molecule has 1 heterocycles. The molecule has 0 amide bonds. The fraction of sp³-hybridized carbons (Fsp3) is 0.167. The van der Waals surface area contributed by atoms with Crippen LogP contribution in [0.25, 0.3) is 10.4 Å². The van der Waals surface area contributed by atoms with Crippen molar-refractivity contribution in [3.8, 4) is 10.4 Å². The maximum absolute atomic E-state index is 3.28. The Morgan fingerprint density at radius 3 is 2.31 bits per heavy atom. The summed E-state index contributed by atoms with van der Waals surface area (Å²) in [7, 11) is 0. The predicted octanol–water partition coefficient (Wildman–Crippen LogP) is 3.83. The number of benzene rings is 1. The second-order valence-electron chi connectivity index (χ2n) is 3.15. The van der Waals surface area contributed by atoms with Crippen LogP contribution in [-0.4, -0.2) is 0 Å². The summed E-state index contributed by atoms with van der Waals surface area (Å²) in [5.74, 6) is 0. The summed E-state index contributed by atoms with van der Waals surface area (Å²) in [6.45, 7) is 4.27. The van der Waals surface area contributed by atoms with Crippen molar-refractivity contribution >= 4 is 11.3 Å². The molecule has 0 fully saturated rings. The third kappa shape index (κ3) is 1.52. The second-order valence-corrected chi connectivity index (χ2v) is 3.97. The van der Waals surface area contributed by atoms with Gasteiger partial charge >= 0.3 is 0 Å². The van der Waals surface area contributed by atoms with Gasteiger partial charge in [0.25, 0.3) is 0 Å². The first-order valence-corrected chi connectivity index (χ1v) is 5.14. The van der Waals surface area contributed by atoms with Gasteiger partial charge in [-0.3, -0.25) is 0 Å². The third-order valence-electron chi connectivity index (χ3n) is 2.25. The topological polar surface area (TPSA) is 0 Å². The number of hydrogen-bond acceptors (Lipinski definition) is 1. The van der Waals surface area contributed by atoms with E-state index in [-0.39, 0.29) is 0 Å². The standard InChI is InChI=1S/C12H11S/c1-9-8-13-12(10(9)2)11-6-4-3-5-7-11/h3-7H,1-2H3. The van der Waals surface area contributed by atoms with Crippen molar-refractivity contribution in [3.63, 3.8) is 0 Å². The fourth-order valence-electron chi connectivity index (χ4n) is 1.32. The molecule has 0 nitrogen and oxygen atoms in total. The Morgan fingerprint density at radius 1 is 1.08 bits per heavy atom. The van der Waals surface area contributed by atoms with Crippen LogP contribution in [0.3, 0.4) is 0 Å². The Kier molecular flexibility index (Phi) is 2.19. The van der Waals surface area contributed by atoms with Crippen LogP contribution in [-0.2, 0) is 0 Å². The molecule has 2 aromatic rings. The predicted molar refractivity (Wildman–Crippen MR) is 58.1 cm³/mol. The minimum atomic E-state index is 1.27. The van der Waals surface area contributed by atoms with E-state index in [1.165, 1.54) is 21.6 Å². The van der Waals surface area contributed by atoms with Gasteiger partial charge in [-0.05, 0) is 30.5 Å². The monoisotopic (exact) mass is 187 g/mol. The average molecular weight is 187 g/mol. The molecular weight excluding hydrogens is 176 g/mol. The Labute approximate surface area is 82.9 Å². The van der Waals surface area contributed by atoms with E-state index in [9.17, 15) is 0 Å².